The van der Waals surface area contributed by atoms with Gasteiger partial charge in [0.15, 0.2) is 0 Å². The predicted octanol–water partition coefficient (Wildman–Crippen LogP) is 3.06. The molecule has 0 aliphatic rings. The molecule has 0 atom stereocenters. The minimum Gasteiger partial charge on any atom is -0.481 e. The van der Waals surface area contributed by atoms with Gasteiger partial charge in [0.25, 0.3) is 0 Å². The van der Waals surface area contributed by atoms with Gasteiger partial charge in [0, 0.05) is 0 Å². The second kappa shape index (κ2) is 4.74. The van der Waals surface area contributed by atoms with Crippen LogP contribution in [0.4, 0.5) is 5.69 Å². The molecule has 0 saturated heterocycles. The minimum absolute atomic E-state index is 0.371. The minimum atomic E-state index is -0.936. The summed E-state index contributed by atoms with van der Waals surface area (Å²) in [6.45, 7) is 3.69. The van der Waals surface area contributed by atoms with Gasteiger partial charge >= 0.3 is 5.97 Å². The van der Waals surface area contributed by atoms with E-state index in [1.807, 2.05) is 13.8 Å². The molecular formula is C12H16ClNO2. The molecule has 0 aromatic heterocycles. The van der Waals surface area contributed by atoms with Gasteiger partial charge in [-0.05, 0) is 24.5 Å². The number of carboxylic acids is 1. The van der Waals surface area contributed by atoms with E-state index in [1.165, 1.54) is 0 Å². The van der Waals surface area contributed by atoms with Crippen LogP contribution in [0.2, 0.25) is 5.02 Å². The van der Waals surface area contributed by atoms with Gasteiger partial charge < -0.3 is 10.8 Å². The first-order valence-corrected chi connectivity index (χ1v) is 5.65. The summed E-state index contributed by atoms with van der Waals surface area (Å²) in [5, 5.41) is 9.80. The second-order valence-corrected chi connectivity index (χ2v) is 4.20. The maximum absolute atomic E-state index is 11.4. The van der Waals surface area contributed by atoms with Crippen LogP contribution in [-0.4, -0.2) is 11.1 Å². The summed E-state index contributed by atoms with van der Waals surface area (Å²) >= 11 is 5.92. The fourth-order valence-corrected chi connectivity index (χ4v) is 2.18. The third-order valence-corrected chi connectivity index (χ3v) is 3.51. The Morgan fingerprint density at radius 1 is 1.44 bits per heavy atom. The molecular weight excluding hydrogens is 226 g/mol. The summed E-state index contributed by atoms with van der Waals surface area (Å²) < 4.78 is 0. The Bertz CT molecular complexity index is 400. The van der Waals surface area contributed by atoms with E-state index >= 15 is 0 Å². The van der Waals surface area contributed by atoms with E-state index in [-0.39, 0.29) is 0 Å². The quantitative estimate of drug-likeness (QED) is 0.797. The molecule has 0 aliphatic heterocycles. The van der Waals surface area contributed by atoms with Gasteiger partial charge in [-0.3, -0.25) is 4.79 Å². The smallest absolute Gasteiger partial charge is 0.314 e. The zero-order valence-electron chi connectivity index (χ0n) is 9.46. The van der Waals surface area contributed by atoms with Crippen LogP contribution in [0, 0.1) is 0 Å². The van der Waals surface area contributed by atoms with Crippen molar-refractivity contribution in [3.05, 3.63) is 28.8 Å². The van der Waals surface area contributed by atoms with Crippen molar-refractivity contribution in [2.24, 2.45) is 0 Å². The number of benzene rings is 1. The summed E-state index contributed by atoms with van der Waals surface area (Å²) in [5.74, 6) is -0.855. The maximum atomic E-state index is 11.4. The van der Waals surface area contributed by atoms with Crippen molar-refractivity contribution in [3.8, 4) is 0 Å². The van der Waals surface area contributed by atoms with Gasteiger partial charge in [0.2, 0.25) is 0 Å². The number of aliphatic carboxylic acids is 1. The molecule has 0 heterocycles. The number of rotatable bonds is 4. The van der Waals surface area contributed by atoms with E-state index in [1.54, 1.807) is 18.2 Å². The lowest BCUT2D eigenvalue weighted by Crippen LogP contribution is -2.35. The summed E-state index contributed by atoms with van der Waals surface area (Å²) in [7, 11) is 0. The molecule has 0 amide bonds. The Hall–Kier alpha value is -1.22. The molecule has 88 valence electrons. The standard InChI is InChI=1S/C12H16ClNO2/c1-3-12(4-2,11(15)16)8-6-5-7-9(13)10(8)14/h5-7H,3-4,14H2,1-2H3,(H,15,16). The van der Waals surface area contributed by atoms with Crippen molar-refractivity contribution in [1.29, 1.82) is 0 Å². The van der Waals surface area contributed by atoms with Crippen molar-refractivity contribution in [2.45, 2.75) is 32.1 Å². The van der Waals surface area contributed by atoms with Crippen LogP contribution in [0.15, 0.2) is 18.2 Å². The normalized spacial score (nSPS) is 11.4. The number of carbonyl (C=O) groups is 1. The molecule has 0 aliphatic carbocycles. The fourth-order valence-electron chi connectivity index (χ4n) is 2.00. The van der Waals surface area contributed by atoms with E-state index in [9.17, 15) is 9.90 Å². The van der Waals surface area contributed by atoms with E-state index in [0.29, 0.717) is 29.1 Å². The highest BCUT2D eigenvalue weighted by Gasteiger charge is 2.38. The number of carboxylic acid groups (broad SMARTS) is 1. The highest BCUT2D eigenvalue weighted by molar-refractivity contribution is 6.33. The van der Waals surface area contributed by atoms with Gasteiger partial charge in [-0.25, -0.2) is 0 Å². The first-order chi connectivity index (χ1) is 7.49. The summed E-state index contributed by atoms with van der Waals surface area (Å²) in [6, 6.07) is 5.14. The molecule has 0 fully saturated rings. The summed E-state index contributed by atoms with van der Waals surface area (Å²) in [4.78, 5) is 11.4. The van der Waals surface area contributed by atoms with E-state index in [2.05, 4.69) is 0 Å². The van der Waals surface area contributed by atoms with Gasteiger partial charge in [-0.2, -0.15) is 0 Å². The Labute approximate surface area is 100 Å². The lowest BCUT2D eigenvalue weighted by molar-refractivity contribution is -0.144. The van der Waals surface area contributed by atoms with E-state index in [4.69, 9.17) is 17.3 Å². The molecule has 0 saturated carbocycles. The Morgan fingerprint density at radius 3 is 2.44 bits per heavy atom. The average molecular weight is 242 g/mol. The Balaban J connectivity index is 3.43. The SMILES string of the molecule is CCC(CC)(C(=O)O)c1cccc(Cl)c1N. The molecule has 3 N–H and O–H groups in total. The van der Waals surface area contributed by atoms with E-state index < -0.39 is 11.4 Å². The first kappa shape index (κ1) is 12.8. The topological polar surface area (TPSA) is 63.3 Å². The Kier molecular flexibility index (Phi) is 3.81. The monoisotopic (exact) mass is 241 g/mol. The van der Waals surface area contributed by atoms with Crippen molar-refractivity contribution in [1.82, 2.24) is 0 Å². The van der Waals surface area contributed by atoms with Gasteiger partial charge in [0.1, 0.15) is 0 Å². The number of hydrogen-bond donors (Lipinski definition) is 2. The molecule has 4 heteroatoms. The third kappa shape index (κ3) is 1.87. The zero-order valence-corrected chi connectivity index (χ0v) is 10.2. The average Bonchev–Trinajstić information content (AvgIpc) is 2.26. The molecule has 0 spiro atoms. The first-order valence-electron chi connectivity index (χ1n) is 5.27. The van der Waals surface area contributed by atoms with Gasteiger partial charge in [0.05, 0.1) is 16.1 Å². The van der Waals surface area contributed by atoms with Crippen LogP contribution in [-0.2, 0) is 10.2 Å². The summed E-state index contributed by atoms with van der Waals surface area (Å²) in [5.41, 5.74) is 5.91. The maximum Gasteiger partial charge on any atom is 0.314 e. The Morgan fingerprint density at radius 2 is 2.00 bits per heavy atom. The number of anilines is 1. The molecule has 0 unspecified atom stereocenters. The van der Waals surface area contributed by atoms with Crippen LogP contribution in [0.1, 0.15) is 32.3 Å². The van der Waals surface area contributed by atoms with Crippen molar-refractivity contribution < 1.29 is 9.90 Å². The van der Waals surface area contributed by atoms with Gasteiger partial charge in [-0.1, -0.05) is 37.6 Å². The van der Waals surface area contributed by atoms with Crippen LogP contribution >= 0.6 is 11.6 Å². The number of nitrogen functional groups attached to an aromatic ring is 1. The molecule has 1 aromatic rings. The highest BCUT2D eigenvalue weighted by atomic mass is 35.5. The lowest BCUT2D eigenvalue weighted by atomic mass is 9.75. The number of nitrogens with two attached hydrogens (primary N) is 1. The number of para-hydroxylation sites is 1. The third-order valence-electron chi connectivity index (χ3n) is 3.18. The second-order valence-electron chi connectivity index (χ2n) is 3.80. The molecule has 0 radical (unpaired) electrons. The van der Waals surface area contributed by atoms with E-state index in [0.717, 1.165) is 0 Å². The predicted molar refractivity (Wildman–Crippen MR) is 65.8 cm³/mol. The van der Waals surface area contributed by atoms with Crippen LogP contribution in [0.3, 0.4) is 0 Å². The van der Waals surface area contributed by atoms with Crippen LogP contribution in [0.25, 0.3) is 0 Å². The molecule has 3 nitrogen and oxygen atoms in total. The fraction of sp³-hybridized carbons (Fsp3) is 0.417. The largest absolute Gasteiger partial charge is 0.481 e. The lowest BCUT2D eigenvalue weighted by Gasteiger charge is -2.28. The summed E-state index contributed by atoms with van der Waals surface area (Å²) in [6.07, 6.45) is 0.979. The van der Waals surface area contributed by atoms with Crippen molar-refractivity contribution in [2.75, 3.05) is 5.73 Å². The van der Waals surface area contributed by atoms with Crippen LogP contribution < -0.4 is 5.73 Å². The zero-order chi connectivity index (χ0) is 12.3. The van der Waals surface area contributed by atoms with Crippen molar-refractivity contribution in [3.63, 3.8) is 0 Å². The van der Waals surface area contributed by atoms with Crippen molar-refractivity contribution >= 4 is 23.3 Å². The molecule has 1 aromatic carbocycles. The molecule has 1 rings (SSSR count). The molecule has 0 bridgehead atoms. The number of hydrogen-bond acceptors (Lipinski definition) is 2. The molecule has 16 heavy (non-hydrogen) atoms. The van der Waals surface area contributed by atoms with Gasteiger partial charge in [-0.15, -0.1) is 0 Å². The highest BCUT2D eigenvalue weighted by Crippen LogP contribution is 2.38. The number of halogens is 1. The van der Waals surface area contributed by atoms with Crippen LogP contribution in [0.5, 0.6) is 0 Å².